The van der Waals surface area contributed by atoms with Gasteiger partial charge in [-0.25, -0.2) is 0 Å². The van der Waals surface area contributed by atoms with Crippen molar-refractivity contribution in [2.75, 3.05) is 65.7 Å². The summed E-state index contributed by atoms with van der Waals surface area (Å²) < 4.78 is 10.8. The van der Waals surface area contributed by atoms with E-state index in [1.165, 1.54) is 4.88 Å². The van der Waals surface area contributed by atoms with Crippen molar-refractivity contribution in [1.29, 1.82) is 0 Å². The van der Waals surface area contributed by atoms with Crippen LogP contribution in [0.2, 0.25) is 0 Å². The number of nitrogens with one attached hydrogen (secondary N) is 2. The van der Waals surface area contributed by atoms with Gasteiger partial charge in [0.2, 0.25) is 0 Å². The molecule has 0 spiro atoms. The van der Waals surface area contributed by atoms with Crippen LogP contribution in [-0.2, 0) is 19.1 Å². The third-order valence-electron chi connectivity index (χ3n) is 5.13. The number of amides is 2. The maximum atomic E-state index is 12.4. The zero-order valence-electron chi connectivity index (χ0n) is 16.4. The Morgan fingerprint density at radius 1 is 1.11 bits per heavy atom. The van der Waals surface area contributed by atoms with E-state index < -0.39 is 11.8 Å². The fourth-order valence-electron chi connectivity index (χ4n) is 3.64. The van der Waals surface area contributed by atoms with E-state index in [4.69, 9.17) is 9.47 Å². The van der Waals surface area contributed by atoms with Crippen molar-refractivity contribution in [3.8, 4) is 0 Å². The summed E-state index contributed by atoms with van der Waals surface area (Å²) in [6.07, 6.45) is 0. The quantitative estimate of drug-likeness (QED) is 0.620. The van der Waals surface area contributed by atoms with Crippen molar-refractivity contribution < 1.29 is 19.1 Å². The fraction of sp³-hybridized carbons (Fsp3) is 0.684. The van der Waals surface area contributed by atoms with Crippen LogP contribution in [0.25, 0.3) is 0 Å². The number of nitrogens with zero attached hydrogens (tertiary/aromatic N) is 2. The van der Waals surface area contributed by atoms with Crippen molar-refractivity contribution >= 4 is 23.2 Å². The first-order valence-corrected chi connectivity index (χ1v) is 10.8. The maximum Gasteiger partial charge on any atom is 0.309 e. The van der Waals surface area contributed by atoms with Crippen LogP contribution in [0.5, 0.6) is 0 Å². The lowest BCUT2D eigenvalue weighted by molar-refractivity contribution is -0.140. The molecule has 28 heavy (non-hydrogen) atoms. The van der Waals surface area contributed by atoms with E-state index in [1.807, 2.05) is 18.4 Å². The van der Waals surface area contributed by atoms with Crippen LogP contribution < -0.4 is 10.6 Å². The largest absolute Gasteiger partial charge is 0.379 e. The Labute approximate surface area is 170 Å². The van der Waals surface area contributed by atoms with E-state index >= 15 is 0 Å². The molecule has 0 aliphatic carbocycles. The van der Waals surface area contributed by atoms with E-state index in [9.17, 15) is 9.59 Å². The monoisotopic (exact) mass is 410 g/mol. The molecule has 1 aromatic heterocycles. The number of morpholine rings is 2. The molecule has 2 N–H and O–H groups in total. The summed E-state index contributed by atoms with van der Waals surface area (Å²) in [7, 11) is 0. The van der Waals surface area contributed by atoms with Gasteiger partial charge < -0.3 is 20.1 Å². The highest BCUT2D eigenvalue weighted by molar-refractivity contribution is 7.10. The first-order chi connectivity index (χ1) is 13.6. The van der Waals surface area contributed by atoms with Crippen molar-refractivity contribution in [2.24, 2.45) is 0 Å². The number of hydrogen-bond acceptors (Lipinski definition) is 7. The van der Waals surface area contributed by atoms with Crippen molar-refractivity contribution in [3.63, 3.8) is 0 Å². The SMILES string of the molecule is C[C@H](NC(=O)C(=O)NCCN1CCOCC1)[C@H](c1cccs1)N1CCOCC1. The standard InChI is InChI=1S/C19H30N4O4S/c1-15(17(16-3-2-14-28-16)23-8-12-27-13-9-23)21-19(25)18(24)20-4-5-22-6-10-26-11-7-22/h2-3,14-15,17H,4-13H2,1H3,(H,20,24)(H,21,25)/t15-,17+/m0/s1. The Balaban J connectivity index is 1.49. The Hall–Kier alpha value is -1.52. The molecule has 9 heteroatoms. The Kier molecular flexibility index (Phi) is 8.23. The first-order valence-electron chi connectivity index (χ1n) is 9.89. The molecule has 2 amide bonds. The summed E-state index contributed by atoms with van der Waals surface area (Å²) in [5.74, 6) is -1.16. The van der Waals surface area contributed by atoms with Crippen LogP contribution in [0.1, 0.15) is 17.8 Å². The lowest BCUT2D eigenvalue weighted by Crippen LogP contribution is -2.51. The van der Waals surface area contributed by atoms with E-state index in [1.54, 1.807) is 11.3 Å². The summed E-state index contributed by atoms with van der Waals surface area (Å²) in [5.41, 5.74) is 0. The third-order valence-corrected chi connectivity index (χ3v) is 6.07. The van der Waals surface area contributed by atoms with Crippen LogP contribution in [0.3, 0.4) is 0 Å². The van der Waals surface area contributed by atoms with E-state index in [0.29, 0.717) is 19.8 Å². The predicted molar refractivity (Wildman–Crippen MR) is 107 cm³/mol. The summed E-state index contributed by atoms with van der Waals surface area (Å²) in [5, 5.41) is 7.65. The first kappa shape index (κ1) is 21.2. The lowest BCUT2D eigenvalue weighted by atomic mass is 10.1. The smallest absolute Gasteiger partial charge is 0.309 e. The number of carbonyl (C=O) groups excluding carboxylic acids is 2. The Bertz CT molecular complexity index is 615. The van der Waals surface area contributed by atoms with E-state index in [2.05, 4.69) is 26.5 Å². The molecule has 156 valence electrons. The van der Waals surface area contributed by atoms with Crippen LogP contribution in [0, 0.1) is 0 Å². The highest BCUT2D eigenvalue weighted by Crippen LogP contribution is 2.29. The molecule has 0 bridgehead atoms. The predicted octanol–water partition coefficient (Wildman–Crippen LogP) is 0.0745. The van der Waals surface area contributed by atoms with Gasteiger partial charge in [0.15, 0.2) is 0 Å². The van der Waals surface area contributed by atoms with Gasteiger partial charge in [0.05, 0.1) is 32.5 Å². The Morgan fingerprint density at radius 3 is 2.43 bits per heavy atom. The average Bonchev–Trinajstić information content (AvgIpc) is 3.24. The van der Waals surface area contributed by atoms with Gasteiger partial charge in [-0.2, -0.15) is 0 Å². The fourth-order valence-corrected chi connectivity index (χ4v) is 4.61. The molecule has 0 aromatic carbocycles. The second-order valence-electron chi connectivity index (χ2n) is 7.08. The second kappa shape index (κ2) is 10.9. The molecule has 8 nitrogen and oxygen atoms in total. The topological polar surface area (TPSA) is 83.1 Å². The number of rotatable bonds is 7. The zero-order valence-corrected chi connectivity index (χ0v) is 17.2. The van der Waals surface area contributed by atoms with Gasteiger partial charge in [-0.3, -0.25) is 19.4 Å². The summed E-state index contributed by atoms with van der Waals surface area (Å²) in [6, 6.07) is 3.94. The molecule has 0 saturated carbocycles. The molecule has 3 rings (SSSR count). The molecule has 2 fully saturated rings. The molecule has 2 atom stereocenters. The zero-order chi connectivity index (χ0) is 19.8. The van der Waals surface area contributed by atoms with Gasteiger partial charge in [0.25, 0.3) is 0 Å². The molecule has 3 heterocycles. The number of carbonyl (C=O) groups is 2. The summed E-state index contributed by atoms with van der Waals surface area (Å²) >= 11 is 1.67. The number of ether oxygens (including phenoxy) is 2. The van der Waals surface area contributed by atoms with Gasteiger partial charge in [0.1, 0.15) is 0 Å². The molecule has 2 aliphatic rings. The van der Waals surface area contributed by atoms with Crippen LogP contribution >= 0.6 is 11.3 Å². The van der Waals surface area contributed by atoms with Crippen molar-refractivity contribution in [2.45, 2.75) is 19.0 Å². The van der Waals surface area contributed by atoms with Gasteiger partial charge in [-0.15, -0.1) is 11.3 Å². The highest BCUT2D eigenvalue weighted by atomic mass is 32.1. The van der Waals surface area contributed by atoms with Gasteiger partial charge >= 0.3 is 11.8 Å². The molecular formula is C19H30N4O4S. The molecule has 2 aliphatic heterocycles. The summed E-state index contributed by atoms with van der Waals surface area (Å²) in [6.45, 7) is 9.30. The van der Waals surface area contributed by atoms with Crippen molar-refractivity contribution in [1.82, 2.24) is 20.4 Å². The van der Waals surface area contributed by atoms with Gasteiger partial charge in [-0.1, -0.05) is 6.07 Å². The van der Waals surface area contributed by atoms with Gasteiger partial charge in [0, 0.05) is 50.2 Å². The highest BCUT2D eigenvalue weighted by Gasteiger charge is 2.30. The minimum atomic E-state index is -0.579. The number of hydrogen-bond donors (Lipinski definition) is 2. The number of thiophene rings is 1. The van der Waals surface area contributed by atoms with Crippen LogP contribution in [0.15, 0.2) is 17.5 Å². The molecular weight excluding hydrogens is 380 g/mol. The molecule has 1 aromatic rings. The van der Waals surface area contributed by atoms with Crippen LogP contribution in [-0.4, -0.2) is 93.4 Å². The average molecular weight is 411 g/mol. The minimum Gasteiger partial charge on any atom is -0.379 e. The van der Waals surface area contributed by atoms with Crippen LogP contribution in [0.4, 0.5) is 0 Å². The molecule has 2 saturated heterocycles. The third kappa shape index (κ3) is 5.99. The molecule has 0 unspecified atom stereocenters. The Morgan fingerprint density at radius 2 is 1.79 bits per heavy atom. The minimum absolute atomic E-state index is 0.0361. The summed E-state index contributed by atoms with van der Waals surface area (Å²) in [4.78, 5) is 30.3. The molecule has 0 radical (unpaired) electrons. The maximum absolute atomic E-state index is 12.4. The van der Waals surface area contributed by atoms with Crippen molar-refractivity contribution in [3.05, 3.63) is 22.4 Å². The lowest BCUT2D eigenvalue weighted by Gasteiger charge is -2.37. The second-order valence-corrected chi connectivity index (χ2v) is 8.06. The van der Waals surface area contributed by atoms with E-state index in [0.717, 1.165) is 45.9 Å². The normalized spacial score (nSPS) is 21.0. The van der Waals surface area contributed by atoms with E-state index in [-0.39, 0.29) is 12.1 Å². The van der Waals surface area contributed by atoms with Gasteiger partial charge in [-0.05, 0) is 18.4 Å².